The quantitative estimate of drug-likeness (QED) is 0.869. The van der Waals surface area contributed by atoms with E-state index in [1.807, 2.05) is 0 Å². The van der Waals surface area contributed by atoms with E-state index in [2.05, 4.69) is 10.6 Å². The molecule has 1 aliphatic carbocycles. The van der Waals surface area contributed by atoms with Crippen LogP contribution in [0.4, 0.5) is 13.6 Å². The number of carbonyl (C=O) groups excluding carboxylic acids is 2. The van der Waals surface area contributed by atoms with Gasteiger partial charge in [0.25, 0.3) is 5.91 Å². The summed E-state index contributed by atoms with van der Waals surface area (Å²) in [4.78, 5) is 23.4. The Morgan fingerprint density at radius 1 is 1.38 bits per heavy atom. The van der Waals surface area contributed by atoms with Gasteiger partial charge in [0, 0.05) is 17.9 Å². The van der Waals surface area contributed by atoms with Gasteiger partial charge in [-0.05, 0) is 30.0 Å². The molecule has 1 aromatic carbocycles. The van der Waals surface area contributed by atoms with E-state index in [1.165, 1.54) is 0 Å². The Bertz CT molecular complexity index is 639. The normalized spacial score (nSPS) is 26.5. The number of carbonyl (C=O) groups is 2. The number of hydrogen-bond donors (Lipinski definition) is 2. The summed E-state index contributed by atoms with van der Waals surface area (Å²) in [5.74, 6) is -3.61. The molecule has 8 heteroatoms. The summed E-state index contributed by atoms with van der Waals surface area (Å²) in [6.07, 6.45) is -1.79. The number of cyclic esters (lactones) is 1. The van der Waals surface area contributed by atoms with E-state index in [0.29, 0.717) is 17.0 Å². The van der Waals surface area contributed by atoms with E-state index in [1.54, 1.807) is 24.3 Å². The summed E-state index contributed by atoms with van der Waals surface area (Å²) >= 11 is 5.87. The zero-order chi connectivity index (χ0) is 17.3. The van der Waals surface area contributed by atoms with Crippen LogP contribution in [0.25, 0.3) is 0 Å². The molecule has 0 radical (unpaired) electrons. The third kappa shape index (κ3) is 3.77. The molecule has 1 aliphatic heterocycles. The molecule has 2 aliphatic rings. The van der Waals surface area contributed by atoms with Crippen LogP contribution in [0, 0.1) is 5.92 Å². The summed E-state index contributed by atoms with van der Waals surface area (Å²) in [7, 11) is 0. The zero-order valence-corrected chi connectivity index (χ0v) is 13.5. The summed E-state index contributed by atoms with van der Waals surface area (Å²) in [5, 5.41) is 5.68. The first-order chi connectivity index (χ1) is 11.3. The van der Waals surface area contributed by atoms with E-state index in [9.17, 15) is 18.4 Å². The maximum absolute atomic E-state index is 13.6. The number of nitrogens with one attached hydrogen (secondary N) is 2. The summed E-state index contributed by atoms with van der Waals surface area (Å²) in [5.41, 5.74) is 0.702. The fourth-order valence-corrected chi connectivity index (χ4v) is 3.32. The highest BCUT2D eigenvalue weighted by atomic mass is 35.5. The third-order valence-corrected chi connectivity index (χ3v) is 4.67. The second kappa shape index (κ2) is 6.55. The summed E-state index contributed by atoms with van der Waals surface area (Å²) in [6.45, 7) is 0.0683. The SMILES string of the molecule is O=C1NC[C@@H](C(=O)NC(c2ccc(Cl)cc2)C2CCC(F)(F)C2)O1. The van der Waals surface area contributed by atoms with Crippen LogP contribution >= 0.6 is 11.6 Å². The Labute approximate surface area is 142 Å². The smallest absolute Gasteiger partial charge is 0.408 e. The molecule has 24 heavy (non-hydrogen) atoms. The Morgan fingerprint density at radius 3 is 2.62 bits per heavy atom. The first-order valence-electron chi connectivity index (χ1n) is 7.72. The van der Waals surface area contributed by atoms with Crippen LogP contribution in [-0.4, -0.2) is 30.6 Å². The van der Waals surface area contributed by atoms with Crippen molar-refractivity contribution < 1.29 is 23.1 Å². The number of ether oxygens (including phenoxy) is 1. The minimum absolute atomic E-state index is 0.0683. The van der Waals surface area contributed by atoms with Gasteiger partial charge in [-0.2, -0.15) is 0 Å². The topological polar surface area (TPSA) is 67.4 Å². The lowest BCUT2D eigenvalue weighted by Gasteiger charge is -2.26. The van der Waals surface area contributed by atoms with E-state index in [-0.39, 0.29) is 19.4 Å². The molecule has 130 valence electrons. The first kappa shape index (κ1) is 17.0. The molecule has 1 saturated carbocycles. The molecular weight excluding hydrogens is 342 g/mol. The maximum Gasteiger partial charge on any atom is 0.408 e. The van der Waals surface area contributed by atoms with E-state index in [0.717, 1.165) is 0 Å². The van der Waals surface area contributed by atoms with Crippen LogP contribution in [0.15, 0.2) is 24.3 Å². The molecule has 3 rings (SSSR count). The van der Waals surface area contributed by atoms with Gasteiger partial charge >= 0.3 is 6.09 Å². The van der Waals surface area contributed by atoms with Crippen molar-refractivity contribution >= 4 is 23.6 Å². The van der Waals surface area contributed by atoms with E-state index in [4.69, 9.17) is 16.3 Å². The predicted octanol–water partition coefficient (Wildman–Crippen LogP) is 3.04. The Kier molecular flexibility index (Phi) is 4.62. The van der Waals surface area contributed by atoms with Gasteiger partial charge in [0.2, 0.25) is 5.92 Å². The van der Waals surface area contributed by atoms with E-state index >= 15 is 0 Å². The highest BCUT2D eigenvalue weighted by Gasteiger charge is 2.44. The molecule has 2 N–H and O–H groups in total. The first-order valence-corrected chi connectivity index (χ1v) is 8.10. The van der Waals surface area contributed by atoms with Crippen molar-refractivity contribution in [1.82, 2.24) is 10.6 Å². The second-order valence-electron chi connectivity index (χ2n) is 6.17. The number of alkyl carbamates (subject to hydrolysis) is 1. The average molecular weight is 359 g/mol. The molecule has 2 amide bonds. The largest absolute Gasteiger partial charge is 0.434 e. The number of halogens is 3. The fourth-order valence-electron chi connectivity index (χ4n) is 3.19. The Morgan fingerprint density at radius 2 is 2.08 bits per heavy atom. The molecule has 0 bridgehead atoms. The highest BCUT2D eigenvalue weighted by molar-refractivity contribution is 6.30. The van der Waals surface area contributed by atoms with Gasteiger partial charge in [-0.1, -0.05) is 23.7 Å². The molecular formula is C16H17ClF2N2O3. The molecule has 2 fully saturated rings. The van der Waals surface area contributed by atoms with Crippen LogP contribution in [0.2, 0.25) is 5.02 Å². The van der Waals surface area contributed by atoms with Gasteiger partial charge < -0.3 is 15.4 Å². The van der Waals surface area contributed by atoms with Gasteiger partial charge in [0.15, 0.2) is 6.10 Å². The maximum atomic E-state index is 13.6. The van der Waals surface area contributed by atoms with Crippen molar-refractivity contribution in [1.29, 1.82) is 0 Å². The van der Waals surface area contributed by atoms with Crippen molar-refractivity contribution in [2.24, 2.45) is 5.92 Å². The highest BCUT2D eigenvalue weighted by Crippen LogP contribution is 2.44. The molecule has 3 atom stereocenters. The monoisotopic (exact) mass is 358 g/mol. The van der Waals surface area contributed by atoms with Gasteiger partial charge in [-0.15, -0.1) is 0 Å². The van der Waals surface area contributed by atoms with Crippen molar-refractivity contribution in [2.45, 2.75) is 37.3 Å². The standard InChI is InChI=1S/C16H17ClF2N2O3/c17-11-3-1-9(2-4-11)13(10-5-6-16(18,19)7-10)21-14(22)12-8-20-15(23)24-12/h1-4,10,12-13H,5-8H2,(H,20,23)(H,21,22)/t10?,12-,13?/m0/s1. The van der Waals surface area contributed by atoms with Crippen molar-refractivity contribution in [3.05, 3.63) is 34.9 Å². The molecule has 5 nitrogen and oxygen atoms in total. The molecule has 2 unspecified atom stereocenters. The summed E-state index contributed by atoms with van der Waals surface area (Å²) in [6, 6.07) is 6.15. The van der Waals surface area contributed by atoms with Gasteiger partial charge in [0.1, 0.15) is 0 Å². The number of hydrogen-bond acceptors (Lipinski definition) is 3. The predicted molar refractivity (Wildman–Crippen MR) is 82.9 cm³/mol. The lowest BCUT2D eigenvalue weighted by molar-refractivity contribution is -0.129. The molecule has 1 aromatic rings. The van der Waals surface area contributed by atoms with Crippen molar-refractivity contribution in [3.8, 4) is 0 Å². The number of rotatable bonds is 4. The zero-order valence-electron chi connectivity index (χ0n) is 12.7. The van der Waals surface area contributed by atoms with Crippen LogP contribution in [0.1, 0.15) is 30.9 Å². The molecule has 1 saturated heterocycles. The van der Waals surface area contributed by atoms with Crippen LogP contribution in [0.3, 0.4) is 0 Å². The van der Waals surface area contributed by atoms with Gasteiger partial charge in [0.05, 0.1) is 12.6 Å². The lowest BCUT2D eigenvalue weighted by Crippen LogP contribution is -2.41. The van der Waals surface area contributed by atoms with E-state index < -0.39 is 36.0 Å². The van der Waals surface area contributed by atoms with Gasteiger partial charge in [-0.25, -0.2) is 13.6 Å². The third-order valence-electron chi connectivity index (χ3n) is 4.41. The van der Waals surface area contributed by atoms with Gasteiger partial charge in [-0.3, -0.25) is 4.79 Å². The lowest BCUT2D eigenvalue weighted by atomic mass is 9.91. The second-order valence-corrected chi connectivity index (χ2v) is 6.61. The molecule has 0 spiro atoms. The fraction of sp³-hybridized carbons (Fsp3) is 0.500. The average Bonchev–Trinajstić information content (AvgIpc) is 3.11. The minimum Gasteiger partial charge on any atom is -0.434 e. The van der Waals surface area contributed by atoms with Crippen molar-refractivity contribution in [3.63, 3.8) is 0 Å². The Balaban J connectivity index is 1.78. The number of alkyl halides is 2. The number of amides is 2. The summed E-state index contributed by atoms with van der Waals surface area (Å²) < 4.78 is 32.1. The van der Waals surface area contributed by atoms with Crippen LogP contribution < -0.4 is 10.6 Å². The van der Waals surface area contributed by atoms with Crippen LogP contribution in [0.5, 0.6) is 0 Å². The minimum atomic E-state index is -2.72. The Hall–Kier alpha value is -1.89. The molecule has 0 aromatic heterocycles. The van der Waals surface area contributed by atoms with Crippen molar-refractivity contribution in [2.75, 3.05) is 6.54 Å². The number of benzene rings is 1. The van der Waals surface area contributed by atoms with Crippen LogP contribution in [-0.2, 0) is 9.53 Å². The molecule has 1 heterocycles.